The third kappa shape index (κ3) is 7.79. The van der Waals surface area contributed by atoms with Crippen molar-refractivity contribution < 1.29 is 23.9 Å². The van der Waals surface area contributed by atoms with Gasteiger partial charge in [0.05, 0.1) is 0 Å². The van der Waals surface area contributed by atoms with Gasteiger partial charge < -0.3 is 25.0 Å². The van der Waals surface area contributed by atoms with Crippen molar-refractivity contribution in [1.82, 2.24) is 15.5 Å². The molecule has 3 amide bonds. The molecule has 2 aromatic carbocycles. The monoisotopic (exact) mass is 467 g/mol. The van der Waals surface area contributed by atoms with Crippen LogP contribution in [0.5, 0.6) is 0 Å². The van der Waals surface area contributed by atoms with Gasteiger partial charge in [-0.2, -0.15) is 0 Å². The summed E-state index contributed by atoms with van der Waals surface area (Å²) in [7, 11) is 0. The third-order valence-electron chi connectivity index (χ3n) is 5.36. The van der Waals surface area contributed by atoms with Gasteiger partial charge in [-0.1, -0.05) is 60.7 Å². The van der Waals surface area contributed by atoms with Gasteiger partial charge in [0, 0.05) is 19.1 Å². The number of amides is 3. The Morgan fingerprint density at radius 2 is 1.56 bits per heavy atom. The first-order valence-corrected chi connectivity index (χ1v) is 11.5. The summed E-state index contributed by atoms with van der Waals surface area (Å²) in [5.41, 5.74) is 0.962. The van der Waals surface area contributed by atoms with Crippen LogP contribution in [0, 0.1) is 0 Å². The Labute approximate surface area is 200 Å². The number of alkyl carbamates (subject to hydrolysis) is 1. The minimum absolute atomic E-state index is 0.110. The van der Waals surface area contributed by atoms with Crippen molar-refractivity contribution in [2.24, 2.45) is 0 Å². The lowest BCUT2D eigenvalue weighted by Gasteiger charge is -2.34. The second kappa shape index (κ2) is 11.5. The Morgan fingerprint density at radius 1 is 0.971 bits per heavy atom. The highest BCUT2D eigenvalue weighted by Crippen LogP contribution is 2.18. The van der Waals surface area contributed by atoms with Crippen molar-refractivity contribution in [3.05, 3.63) is 71.8 Å². The zero-order valence-corrected chi connectivity index (χ0v) is 20.0. The third-order valence-corrected chi connectivity index (χ3v) is 5.36. The first kappa shape index (κ1) is 25.1. The van der Waals surface area contributed by atoms with Crippen molar-refractivity contribution in [2.45, 2.75) is 57.9 Å². The van der Waals surface area contributed by atoms with Gasteiger partial charge in [0.2, 0.25) is 5.91 Å². The Hall–Kier alpha value is -3.55. The summed E-state index contributed by atoms with van der Waals surface area (Å²) in [6.45, 7) is 6.59. The molecule has 8 nitrogen and oxygen atoms in total. The number of likely N-dealkylation sites (tertiary alicyclic amines) is 1. The topological polar surface area (TPSA) is 97.0 Å². The molecule has 0 unspecified atom stereocenters. The molecule has 34 heavy (non-hydrogen) atoms. The molecule has 1 saturated heterocycles. The molecule has 0 saturated carbocycles. The van der Waals surface area contributed by atoms with Crippen LogP contribution >= 0.6 is 0 Å². The molecule has 1 aliphatic rings. The Bertz CT molecular complexity index is 951. The highest BCUT2D eigenvalue weighted by atomic mass is 16.6. The summed E-state index contributed by atoms with van der Waals surface area (Å²) >= 11 is 0. The average Bonchev–Trinajstić information content (AvgIpc) is 2.81. The van der Waals surface area contributed by atoms with E-state index < -0.39 is 17.7 Å². The fraction of sp³-hybridized carbons (Fsp3) is 0.423. The van der Waals surface area contributed by atoms with E-state index in [1.54, 1.807) is 17.0 Å². The van der Waals surface area contributed by atoms with Gasteiger partial charge in [-0.25, -0.2) is 9.59 Å². The molecule has 1 atom stereocenters. The van der Waals surface area contributed by atoms with Gasteiger partial charge in [-0.3, -0.25) is 4.79 Å². The molecule has 1 aliphatic heterocycles. The number of hydrogen-bond donors (Lipinski definition) is 2. The van der Waals surface area contributed by atoms with Gasteiger partial charge in [-0.15, -0.1) is 0 Å². The zero-order chi connectivity index (χ0) is 24.6. The molecule has 1 fully saturated rings. The van der Waals surface area contributed by atoms with E-state index in [4.69, 9.17) is 9.47 Å². The maximum Gasteiger partial charge on any atom is 0.410 e. The molecule has 0 radical (unpaired) electrons. The van der Waals surface area contributed by atoms with E-state index in [1.165, 1.54) is 0 Å². The number of ether oxygens (including phenoxy) is 2. The van der Waals surface area contributed by atoms with E-state index >= 15 is 0 Å². The van der Waals surface area contributed by atoms with Crippen molar-refractivity contribution in [1.29, 1.82) is 0 Å². The quantitative estimate of drug-likeness (QED) is 0.665. The molecule has 1 heterocycles. The van der Waals surface area contributed by atoms with E-state index in [2.05, 4.69) is 10.6 Å². The summed E-state index contributed by atoms with van der Waals surface area (Å²) in [5.74, 6) is -0.321. The summed E-state index contributed by atoms with van der Waals surface area (Å²) in [6.07, 6.45) is 0.186. The highest BCUT2D eigenvalue weighted by Gasteiger charge is 2.30. The predicted molar refractivity (Wildman–Crippen MR) is 128 cm³/mol. The first-order valence-electron chi connectivity index (χ1n) is 11.5. The lowest BCUT2D eigenvalue weighted by atomic mass is 10.0. The van der Waals surface area contributed by atoms with Gasteiger partial charge in [0.25, 0.3) is 0 Å². The normalized spacial score (nSPS) is 15.2. The maximum absolute atomic E-state index is 13.1. The van der Waals surface area contributed by atoms with Gasteiger partial charge in [0.15, 0.2) is 0 Å². The lowest BCUT2D eigenvalue weighted by Crippen LogP contribution is -2.50. The molecular weight excluding hydrogens is 434 g/mol. The maximum atomic E-state index is 13.1. The fourth-order valence-corrected chi connectivity index (χ4v) is 3.65. The van der Waals surface area contributed by atoms with Crippen LogP contribution in [0.1, 0.15) is 50.8 Å². The molecular formula is C26H33N3O5. The van der Waals surface area contributed by atoms with Crippen LogP contribution in [0.15, 0.2) is 60.7 Å². The van der Waals surface area contributed by atoms with Crippen LogP contribution in [0.4, 0.5) is 9.59 Å². The number of nitrogens with zero attached hydrogens (tertiary/aromatic N) is 1. The molecule has 3 rings (SSSR count). The fourth-order valence-electron chi connectivity index (χ4n) is 3.65. The van der Waals surface area contributed by atoms with Crippen molar-refractivity contribution in [2.75, 3.05) is 13.1 Å². The summed E-state index contributed by atoms with van der Waals surface area (Å²) in [4.78, 5) is 39.5. The molecule has 182 valence electrons. The number of carbonyl (C=O) groups excluding carboxylic acids is 3. The standard InChI is InChI=1S/C26H33N3O5/c1-26(2,3)34-25(32)29-16-14-21(15-17-29)27-23(30)22(20-12-8-5-9-13-20)28-24(31)33-18-19-10-6-4-7-11-19/h4-13,21-22H,14-18H2,1-3H3,(H,27,30)(H,28,31)/t22-/m1/s1. The van der Waals surface area contributed by atoms with Gasteiger partial charge >= 0.3 is 12.2 Å². The molecule has 0 spiro atoms. The van der Waals surface area contributed by atoms with Crippen LogP contribution < -0.4 is 10.6 Å². The van der Waals surface area contributed by atoms with Crippen molar-refractivity contribution in [3.63, 3.8) is 0 Å². The molecule has 8 heteroatoms. The molecule has 0 aromatic heterocycles. The van der Waals surface area contributed by atoms with Crippen LogP contribution in [0.25, 0.3) is 0 Å². The van der Waals surface area contributed by atoms with Crippen LogP contribution in [-0.2, 0) is 20.9 Å². The Morgan fingerprint density at radius 3 is 2.15 bits per heavy atom. The summed E-state index contributed by atoms with van der Waals surface area (Å²) < 4.78 is 10.7. The lowest BCUT2D eigenvalue weighted by molar-refractivity contribution is -0.124. The smallest absolute Gasteiger partial charge is 0.410 e. The van der Waals surface area contributed by atoms with E-state index in [1.807, 2.05) is 69.3 Å². The van der Waals surface area contributed by atoms with E-state index in [-0.39, 0.29) is 24.6 Å². The Kier molecular flexibility index (Phi) is 8.51. The largest absolute Gasteiger partial charge is 0.445 e. The van der Waals surface area contributed by atoms with Crippen molar-refractivity contribution in [3.8, 4) is 0 Å². The van der Waals surface area contributed by atoms with Gasteiger partial charge in [0.1, 0.15) is 18.2 Å². The second-order valence-electron chi connectivity index (χ2n) is 9.30. The highest BCUT2D eigenvalue weighted by molar-refractivity contribution is 5.87. The molecule has 2 aromatic rings. The minimum Gasteiger partial charge on any atom is -0.445 e. The van der Waals surface area contributed by atoms with Crippen LogP contribution in [0.3, 0.4) is 0 Å². The van der Waals surface area contributed by atoms with Crippen LogP contribution in [0.2, 0.25) is 0 Å². The summed E-state index contributed by atoms with van der Waals surface area (Å²) in [5, 5.41) is 5.70. The predicted octanol–water partition coefficient (Wildman–Crippen LogP) is 4.17. The molecule has 0 aliphatic carbocycles. The number of hydrogen-bond acceptors (Lipinski definition) is 5. The first-order chi connectivity index (χ1) is 16.2. The SMILES string of the molecule is CC(C)(C)OC(=O)N1CCC(NC(=O)[C@H](NC(=O)OCc2ccccc2)c2ccccc2)CC1. The van der Waals surface area contributed by atoms with Gasteiger partial charge in [-0.05, 0) is 44.7 Å². The molecule has 2 N–H and O–H groups in total. The van der Waals surface area contributed by atoms with Crippen molar-refractivity contribution >= 4 is 18.1 Å². The molecule has 0 bridgehead atoms. The van der Waals surface area contributed by atoms with E-state index in [0.29, 0.717) is 31.5 Å². The number of rotatable bonds is 6. The average molecular weight is 468 g/mol. The van der Waals surface area contributed by atoms with E-state index in [0.717, 1.165) is 5.56 Å². The second-order valence-corrected chi connectivity index (χ2v) is 9.30. The van der Waals surface area contributed by atoms with E-state index in [9.17, 15) is 14.4 Å². The summed E-state index contributed by atoms with van der Waals surface area (Å²) in [6, 6.07) is 17.4. The number of benzene rings is 2. The number of nitrogens with one attached hydrogen (secondary N) is 2. The Balaban J connectivity index is 1.56. The number of carbonyl (C=O) groups is 3. The number of piperidine rings is 1. The minimum atomic E-state index is -0.895. The zero-order valence-electron chi connectivity index (χ0n) is 20.0. The van der Waals surface area contributed by atoms with Crippen LogP contribution in [-0.4, -0.2) is 47.7 Å².